The summed E-state index contributed by atoms with van der Waals surface area (Å²) in [4.78, 5) is 18.0. The lowest BCUT2D eigenvalue weighted by molar-refractivity contribution is -0.125. The molecule has 0 atom stereocenters. The maximum Gasteiger partial charge on any atom is 0.246 e. The van der Waals surface area contributed by atoms with Gasteiger partial charge in [0.1, 0.15) is 0 Å². The molecule has 0 radical (unpaired) electrons. The number of rotatable bonds is 5. The van der Waals surface area contributed by atoms with Gasteiger partial charge in [-0.15, -0.1) is 0 Å². The Morgan fingerprint density at radius 2 is 1.88 bits per heavy atom. The van der Waals surface area contributed by atoms with Gasteiger partial charge in [-0.1, -0.05) is 59.2 Å². The zero-order valence-corrected chi connectivity index (χ0v) is 14.3. The van der Waals surface area contributed by atoms with Gasteiger partial charge in [-0.2, -0.15) is 4.98 Å². The lowest BCUT2D eigenvalue weighted by Gasteiger charge is -2.11. The molecule has 0 aliphatic heterocycles. The first kappa shape index (κ1) is 16.9. The maximum absolute atomic E-state index is 12.2. The van der Waals surface area contributed by atoms with E-state index in [1.807, 2.05) is 42.5 Å². The van der Waals surface area contributed by atoms with E-state index in [2.05, 4.69) is 10.1 Å². The van der Waals surface area contributed by atoms with Crippen LogP contribution < -0.4 is 0 Å². The number of carbonyl (C=O) groups is 1. The molecule has 0 N–H and O–H groups in total. The molecule has 0 saturated carbocycles. The van der Waals surface area contributed by atoms with Crippen LogP contribution in [0.25, 0.3) is 17.5 Å². The van der Waals surface area contributed by atoms with Gasteiger partial charge in [-0.25, -0.2) is 0 Å². The van der Waals surface area contributed by atoms with Crippen LogP contribution in [0.15, 0.2) is 65.2 Å². The molecule has 126 valence electrons. The van der Waals surface area contributed by atoms with Crippen molar-refractivity contribution in [1.29, 1.82) is 0 Å². The third-order valence-corrected chi connectivity index (χ3v) is 3.79. The highest BCUT2D eigenvalue weighted by molar-refractivity contribution is 6.30. The van der Waals surface area contributed by atoms with Gasteiger partial charge in [0.2, 0.25) is 17.6 Å². The van der Waals surface area contributed by atoms with Crippen LogP contribution in [0.3, 0.4) is 0 Å². The Kier molecular flexibility index (Phi) is 5.26. The summed E-state index contributed by atoms with van der Waals surface area (Å²) in [7, 11) is 1.68. The van der Waals surface area contributed by atoms with Gasteiger partial charge in [0.05, 0.1) is 6.54 Å². The van der Waals surface area contributed by atoms with E-state index in [9.17, 15) is 4.79 Å². The van der Waals surface area contributed by atoms with Crippen molar-refractivity contribution in [2.24, 2.45) is 0 Å². The molecular weight excluding hydrogens is 338 g/mol. The molecular formula is C19H16ClN3O2. The number of aromatic nitrogens is 2. The summed E-state index contributed by atoms with van der Waals surface area (Å²) in [6, 6.07) is 16.8. The van der Waals surface area contributed by atoms with Crippen molar-refractivity contribution >= 4 is 23.6 Å². The van der Waals surface area contributed by atoms with E-state index in [0.717, 1.165) is 11.1 Å². The molecule has 3 aromatic rings. The average Bonchev–Trinajstić information content (AvgIpc) is 3.10. The molecule has 5 nitrogen and oxygen atoms in total. The monoisotopic (exact) mass is 353 g/mol. The second-order valence-electron chi connectivity index (χ2n) is 5.46. The number of carbonyl (C=O) groups excluding carboxylic acids is 1. The summed E-state index contributed by atoms with van der Waals surface area (Å²) in [5.74, 6) is 0.733. The van der Waals surface area contributed by atoms with Crippen molar-refractivity contribution in [3.63, 3.8) is 0 Å². The number of hydrogen-bond donors (Lipinski definition) is 0. The molecule has 0 unspecified atom stereocenters. The number of benzene rings is 2. The van der Waals surface area contributed by atoms with Crippen molar-refractivity contribution < 1.29 is 9.32 Å². The normalized spacial score (nSPS) is 11.0. The third-order valence-electron chi connectivity index (χ3n) is 3.54. The first-order valence-corrected chi connectivity index (χ1v) is 8.06. The minimum Gasteiger partial charge on any atom is -0.337 e. The second-order valence-corrected chi connectivity index (χ2v) is 5.89. The summed E-state index contributed by atoms with van der Waals surface area (Å²) in [6.07, 6.45) is 3.23. The van der Waals surface area contributed by atoms with Crippen molar-refractivity contribution in [2.45, 2.75) is 6.54 Å². The van der Waals surface area contributed by atoms with E-state index >= 15 is 0 Å². The van der Waals surface area contributed by atoms with E-state index in [0.29, 0.717) is 16.7 Å². The molecule has 0 fully saturated rings. The van der Waals surface area contributed by atoms with Crippen LogP contribution in [0.1, 0.15) is 11.5 Å². The largest absolute Gasteiger partial charge is 0.337 e. The van der Waals surface area contributed by atoms with Crippen LogP contribution in [0, 0.1) is 0 Å². The molecule has 0 saturated heterocycles. The molecule has 2 aromatic carbocycles. The van der Waals surface area contributed by atoms with Gasteiger partial charge in [0.15, 0.2) is 0 Å². The van der Waals surface area contributed by atoms with Crippen LogP contribution in [-0.2, 0) is 11.3 Å². The zero-order valence-electron chi connectivity index (χ0n) is 13.6. The van der Waals surface area contributed by atoms with E-state index in [1.54, 1.807) is 25.3 Å². The first-order valence-electron chi connectivity index (χ1n) is 7.68. The molecule has 0 bridgehead atoms. The first-order chi connectivity index (χ1) is 12.1. The summed E-state index contributed by atoms with van der Waals surface area (Å²) in [6.45, 7) is 0.240. The molecule has 1 heterocycles. The molecule has 1 aromatic heterocycles. The van der Waals surface area contributed by atoms with Crippen molar-refractivity contribution in [1.82, 2.24) is 15.0 Å². The SMILES string of the molecule is CN(Cc1nc(-c2ccccc2)no1)C(=O)/C=C/c1ccc(Cl)cc1. The number of halogens is 1. The second kappa shape index (κ2) is 7.77. The molecule has 0 aliphatic rings. The highest BCUT2D eigenvalue weighted by Crippen LogP contribution is 2.15. The highest BCUT2D eigenvalue weighted by atomic mass is 35.5. The Labute approximate surface area is 150 Å². The van der Waals surface area contributed by atoms with Crippen molar-refractivity contribution in [3.05, 3.63) is 77.2 Å². The van der Waals surface area contributed by atoms with E-state index in [-0.39, 0.29) is 12.5 Å². The predicted molar refractivity (Wildman–Crippen MR) is 96.7 cm³/mol. The molecule has 1 amide bonds. The van der Waals surface area contributed by atoms with Gasteiger partial charge >= 0.3 is 0 Å². The van der Waals surface area contributed by atoms with Crippen molar-refractivity contribution in [2.75, 3.05) is 7.05 Å². The third kappa shape index (κ3) is 4.55. The maximum atomic E-state index is 12.2. The Morgan fingerprint density at radius 1 is 1.16 bits per heavy atom. The number of nitrogens with zero attached hydrogens (tertiary/aromatic N) is 3. The smallest absolute Gasteiger partial charge is 0.246 e. The summed E-state index contributed by atoms with van der Waals surface area (Å²) in [5.41, 5.74) is 1.77. The predicted octanol–water partition coefficient (Wildman–Crippen LogP) is 4.06. The number of likely N-dealkylation sites (N-methyl/N-ethyl adjacent to an activating group) is 1. The van der Waals surface area contributed by atoms with E-state index < -0.39 is 0 Å². The molecule has 0 spiro atoms. The summed E-state index contributed by atoms with van der Waals surface area (Å²) in [5, 5.41) is 4.60. The van der Waals surface area contributed by atoms with Gasteiger partial charge in [-0.3, -0.25) is 4.79 Å². The fourth-order valence-electron chi connectivity index (χ4n) is 2.17. The minimum atomic E-state index is -0.158. The Balaban J connectivity index is 1.62. The van der Waals surface area contributed by atoms with E-state index in [4.69, 9.17) is 16.1 Å². The topological polar surface area (TPSA) is 59.2 Å². The Hall–Kier alpha value is -2.92. The van der Waals surface area contributed by atoms with Gasteiger partial charge in [0, 0.05) is 23.7 Å². The summed E-state index contributed by atoms with van der Waals surface area (Å²) >= 11 is 5.84. The fraction of sp³-hybridized carbons (Fsp3) is 0.105. The minimum absolute atomic E-state index is 0.158. The Morgan fingerprint density at radius 3 is 2.60 bits per heavy atom. The summed E-state index contributed by atoms with van der Waals surface area (Å²) < 4.78 is 5.22. The average molecular weight is 354 g/mol. The molecule has 6 heteroatoms. The van der Waals surface area contributed by atoms with Crippen LogP contribution >= 0.6 is 11.6 Å². The standard InChI is InChI=1S/C19H16ClN3O2/c1-23(18(24)12-9-14-7-10-16(20)11-8-14)13-17-21-19(22-25-17)15-5-3-2-4-6-15/h2-12H,13H2,1H3/b12-9+. The van der Waals surface area contributed by atoms with Crippen molar-refractivity contribution in [3.8, 4) is 11.4 Å². The van der Waals surface area contributed by atoms with Gasteiger partial charge < -0.3 is 9.42 Å². The number of amides is 1. The van der Waals surface area contributed by atoms with Crippen LogP contribution in [-0.4, -0.2) is 28.0 Å². The fourth-order valence-corrected chi connectivity index (χ4v) is 2.30. The number of hydrogen-bond acceptors (Lipinski definition) is 4. The van der Waals surface area contributed by atoms with Gasteiger partial charge in [-0.05, 0) is 23.8 Å². The van der Waals surface area contributed by atoms with Crippen LogP contribution in [0.4, 0.5) is 0 Å². The highest BCUT2D eigenvalue weighted by Gasteiger charge is 2.12. The lowest BCUT2D eigenvalue weighted by Crippen LogP contribution is -2.24. The quantitative estimate of drug-likeness (QED) is 0.649. The molecule has 0 aliphatic carbocycles. The zero-order chi connectivity index (χ0) is 17.6. The molecule has 3 rings (SSSR count). The van der Waals surface area contributed by atoms with E-state index in [1.165, 1.54) is 11.0 Å². The Bertz CT molecular complexity index is 873. The molecule has 25 heavy (non-hydrogen) atoms. The van der Waals surface area contributed by atoms with Gasteiger partial charge in [0.25, 0.3) is 0 Å². The van der Waals surface area contributed by atoms with Crippen LogP contribution in [0.5, 0.6) is 0 Å². The van der Waals surface area contributed by atoms with Crippen LogP contribution in [0.2, 0.25) is 5.02 Å². The lowest BCUT2D eigenvalue weighted by atomic mass is 10.2.